The van der Waals surface area contributed by atoms with Crippen LogP contribution in [0.3, 0.4) is 0 Å². The van der Waals surface area contributed by atoms with Crippen LogP contribution in [0, 0.1) is 0 Å². The molecule has 0 saturated carbocycles. The molecule has 3 aromatic rings. The number of hydrogen-bond acceptors (Lipinski definition) is 4. The first-order chi connectivity index (χ1) is 12.2. The molecule has 0 bridgehead atoms. The second kappa shape index (κ2) is 7.53. The van der Waals surface area contributed by atoms with Crippen molar-refractivity contribution in [3.8, 4) is 17.2 Å². The number of carbonyl (C=O) groups is 1. The summed E-state index contributed by atoms with van der Waals surface area (Å²) in [4.78, 5) is 12.3. The molecular formula is C19H19N3O3. The Morgan fingerprint density at radius 1 is 1.08 bits per heavy atom. The molecule has 3 rings (SSSR count). The van der Waals surface area contributed by atoms with Gasteiger partial charge in [0.25, 0.3) is 0 Å². The molecule has 0 saturated heterocycles. The zero-order valence-corrected chi connectivity index (χ0v) is 14.1. The van der Waals surface area contributed by atoms with Gasteiger partial charge in [-0.05, 0) is 29.8 Å². The molecule has 0 fully saturated rings. The van der Waals surface area contributed by atoms with Crippen LogP contribution in [0.2, 0.25) is 0 Å². The number of nitrogens with one attached hydrogen (secondary N) is 1. The topological polar surface area (TPSA) is 65.4 Å². The fourth-order valence-corrected chi connectivity index (χ4v) is 2.48. The Bertz CT molecular complexity index is 859. The van der Waals surface area contributed by atoms with Crippen LogP contribution < -0.4 is 14.8 Å². The first kappa shape index (κ1) is 16.6. The molecular weight excluding hydrogens is 318 g/mol. The van der Waals surface area contributed by atoms with E-state index in [0.717, 1.165) is 11.3 Å². The third-order valence-electron chi connectivity index (χ3n) is 3.69. The molecule has 0 aliphatic carbocycles. The lowest BCUT2D eigenvalue weighted by molar-refractivity contribution is -0.115. The minimum Gasteiger partial charge on any atom is -0.493 e. The average Bonchev–Trinajstić information content (AvgIpc) is 3.10. The Hall–Kier alpha value is -3.28. The highest BCUT2D eigenvalue weighted by Gasteiger charge is 2.10. The maximum Gasteiger partial charge on any atom is 0.228 e. The molecule has 1 aromatic heterocycles. The van der Waals surface area contributed by atoms with Gasteiger partial charge in [-0.15, -0.1) is 0 Å². The maximum atomic E-state index is 12.3. The van der Waals surface area contributed by atoms with Gasteiger partial charge < -0.3 is 14.8 Å². The largest absolute Gasteiger partial charge is 0.493 e. The maximum absolute atomic E-state index is 12.3. The number of carbonyl (C=O) groups excluding carboxylic acids is 1. The molecule has 1 heterocycles. The van der Waals surface area contributed by atoms with Gasteiger partial charge in [0.05, 0.1) is 32.5 Å². The average molecular weight is 337 g/mol. The van der Waals surface area contributed by atoms with E-state index in [9.17, 15) is 4.79 Å². The van der Waals surface area contributed by atoms with Crippen molar-refractivity contribution >= 4 is 11.6 Å². The van der Waals surface area contributed by atoms with Gasteiger partial charge in [-0.25, -0.2) is 4.68 Å². The van der Waals surface area contributed by atoms with Crippen LogP contribution in [0.4, 0.5) is 5.69 Å². The van der Waals surface area contributed by atoms with Crippen LogP contribution in [-0.4, -0.2) is 29.9 Å². The Labute approximate surface area is 146 Å². The Morgan fingerprint density at radius 2 is 1.84 bits per heavy atom. The Morgan fingerprint density at radius 3 is 2.56 bits per heavy atom. The normalized spacial score (nSPS) is 10.3. The van der Waals surface area contributed by atoms with E-state index in [1.54, 1.807) is 43.3 Å². The zero-order valence-electron chi connectivity index (χ0n) is 14.1. The molecule has 0 aliphatic heterocycles. The molecule has 6 nitrogen and oxygen atoms in total. The number of methoxy groups -OCH3 is 2. The number of nitrogens with zero attached hydrogens (tertiary/aromatic N) is 2. The number of benzene rings is 2. The summed E-state index contributed by atoms with van der Waals surface area (Å²) < 4.78 is 12.2. The zero-order chi connectivity index (χ0) is 17.6. The van der Waals surface area contributed by atoms with Crippen LogP contribution >= 0.6 is 0 Å². The molecule has 1 N–H and O–H groups in total. The Kier molecular flexibility index (Phi) is 4.99. The van der Waals surface area contributed by atoms with E-state index >= 15 is 0 Å². The van der Waals surface area contributed by atoms with Gasteiger partial charge in [-0.1, -0.05) is 18.2 Å². The number of anilines is 1. The third kappa shape index (κ3) is 3.98. The van der Waals surface area contributed by atoms with E-state index in [2.05, 4.69) is 10.4 Å². The molecule has 25 heavy (non-hydrogen) atoms. The summed E-state index contributed by atoms with van der Waals surface area (Å²) in [6.07, 6.45) is 3.78. The van der Waals surface area contributed by atoms with Crippen molar-refractivity contribution in [2.75, 3.05) is 19.5 Å². The van der Waals surface area contributed by atoms with E-state index in [-0.39, 0.29) is 12.3 Å². The van der Waals surface area contributed by atoms with E-state index in [1.807, 2.05) is 36.5 Å². The summed E-state index contributed by atoms with van der Waals surface area (Å²) in [5.41, 5.74) is 2.44. The first-order valence-corrected chi connectivity index (χ1v) is 7.80. The number of ether oxygens (including phenoxy) is 2. The molecule has 1 amide bonds. The number of hydrogen-bond donors (Lipinski definition) is 1. The summed E-state index contributed by atoms with van der Waals surface area (Å²) in [5.74, 6) is 1.06. The van der Waals surface area contributed by atoms with Gasteiger partial charge in [0.1, 0.15) is 0 Å². The van der Waals surface area contributed by atoms with Crippen LogP contribution in [0.25, 0.3) is 5.69 Å². The number of amides is 1. The van der Waals surface area contributed by atoms with Gasteiger partial charge in [-0.2, -0.15) is 5.10 Å². The quantitative estimate of drug-likeness (QED) is 0.751. The summed E-state index contributed by atoms with van der Waals surface area (Å²) in [6.45, 7) is 0. The predicted octanol–water partition coefficient (Wildman–Crippen LogP) is 3.07. The third-order valence-corrected chi connectivity index (χ3v) is 3.69. The fourth-order valence-electron chi connectivity index (χ4n) is 2.48. The van der Waals surface area contributed by atoms with Crippen LogP contribution in [0.15, 0.2) is 60.9 Å². The van der Waals surface area contributed by atoms with Crippen LogP contribution in [0.1, 0.15) is 5.56 Å². The van der Waals surface area contributed by atoms with E-state index in [0.29, 0.717) is 17.2 Å². The lowest BCUT2D eigenvalue weighted by atomic mass is 10.2. The van der Waals surface area contributed by atoms with Crippen LogP contribution in [-0.2, 0) is 11.2 Å². The van der Waals surface area contributed by atoms with E-state index in [4.69, 9.17) is 9.47 Å². The predicted molar refractivity (Wildman–Crippen MR) is 95.4 cm³/mol. The van der Waals surface area contributed by atoms with Gasteiger partial charge >= 0.3 is 0 Å². The van der Waals surface area contributed by atoms with Gasteiger partial charge in [0.2, 0.25) is 5.91 Å². The standard InChI is InChI=1S/C19H19N3O3/c1-24-17-9-8-15(11-18(17)25-2)21-19(23)10-14-12-20-22(13-14)16-6-4-3-5-7-16/h3-9,11-13H,10H2,1-2H3,(H,21,23). The van der Waals surface area contributed by atoms with Crippen molar-refractivity contribution in [1.82, 2.24) is 9.78 Å². The van der Waals surface area contributed by atoms with Gasteiger partial charge in [-0.3, -0.25) is 4.79 Å². The SMILES string of the molecule is COc1ccc(NC(=O)Cc2cnn(-c3ccccc3)c2)cc1OC. The van der Waals surface area contributed by atoms with Crippen molar-refractivity contribution in [1.29, 1.82) is 0 Å². The van der Waals surface area contributed by atoms with Gasteiger partial charge in [0, 0.05) is 18.0 Å². The molecule has 128 valence electrons. The number of para-hydroxylation sites is 1. The Balaban J connectivity index is 1.66. The molecule has 0 aliphatic rings. The first-order valence-electron chi connectivity index (χ1n) is 7.80. The molecule has 2 aromatic carbocycles. The van der Waals surface area contributed by atoms with Crippen molar-refractivity contribution in [2.24, 2.45) is 0 Å². The molecule has 0 radical (unpaired) electrons. The smallest absolute Gasteiger partial charge is 0.228 e. The minimum absolute atomic E-state index is 0.125. The second-order valence-electron chi connectivity index (χ2n) is 5.42. The lowest BCUT2D eigenvalue weighted by Crippen LogP contribution is -2.14. The number of rotatable bonds is 6. The van der Waals surface area contributed by atoms with Gasteiger partial charge in [0.15, 0.2) is 11.5 Å². The van der Waals surface area contributed by atoms with Crippen molar-refractivity contribution in [3.05, 3.63) is 66.5 Å². The highest BCUT2D eigenvalue weighted by atomic mass is 16.5. The number of aromatic nitrogens is 2. The molecule has 0 spiro atoms. The summed E-state index contributed by atoms with van der Waals surface area (Å²) >= 11 is 0. The van der Waals surface area contributed by atoms with Crippen LogP contribution in [0.5, 0.6) is 11.5 Å². The molecule has 0 unspecified atom stereocenters. The highest BCUT2D eigenvalue weighted by Crippen LogP contribution is 2.29. The summed E-state index contributed by atoms with van der Waals surface area (Å²) in [6, 6.07) is 15.0. The minimum atomic E-state index is -0.125. The summed E-state index contributed by atoms with van der Waals surface area (Å²) in [7, 11) is 3.13. The molecule has 6 heteroatoms. The second-order valence-corrected chi connectivity index (χ2v) is 5.42. The molecule has 0 atom stereocenters. The van der Waals surface area contributed by atoms with Crippen molar-refractivity contribution in [2.45, 2.75) is 6.42 Å². The lowest BCUT2D eigenvalue weighted by Gasteiger charge is -2.10. The summed E-state index contributed by atoms with van der Waals surface area (Å²) in [5, 5.41) is 7.15. The van der Waals surface area contributed by atoms with Crippen molar-refractivity contribution < 1.29 is 14.3 Å². The fraction of sp³-hybridized carbons (Fsp3) is 0.158. The van der Waals surface area contributed by atoms with Crippen molar-refractivity contribution in [3.63, 3.8) is 0 Å². The monoisotopic (exact) mass is 337 g/mol. The highest BCUT2D eigenvalue weighted by molar-refractivity contribution is 5.92. The van der Waals surface area contributed by atoms with E-state index in [1.165, 1.54) is 0 Å². The van der Waals surface area contributed by atoms with E-state index < -0.39 is 0 Å².